The minimum atomic E-state index is -0.529. The first-order chi connectivity index (χ1) is 14.0. The maximum absolute atomic E-state index is 12.1. The summed E-state index contributed by atoms with van der Waals surface area (Å²) in [4.78, 5) is 23.4. The van der Waals surface area contributed by atoms with Crippen LogP contribution in [0.2, 0.25) is 0 Å². The van der Waals surface area contributed by atoms with Gasteiger partial charge in [-0.1, -0.05) is 6.07 Å². The van der Waals surface area contributed by atoms with E-state index in [1.165, 1.54) is 0 Å². The molecule has 1 aromatic heterocycles. The highest BCUT2D eigenvalue weighted by atomic mass is 127. The van der Waals surface area contributed by atoms with Gasteiger partial charge in [0.2, 0.25) is 0 Å². The van der Waals surface area contributed by atoms with E-state index in [1.54, 1.807) is 0 Å². The highest BCUT2D eigenvalue weighted by Gasteiger charge is 2.24. The number of aliphatic imine (C=N–C) groups is 1. The van der Waals surface area contributed by atoms with Gasteiger partial charge in [-0.25, -0.2) is 14.8 Å². The van der Waals surface area contributed by atoms with Crippen molar-refractivity contribution in [1.82, 2.24) is 20.9 Å². The number of nitrogens with one attached hydrogen (secondary N) is 3. The van der Waals surface area contributed by atoms with Crippen LogP contribution in [0.4, 0.5) is 10.6 Å². The van der Waals surface area contributed by atoms with Gasteiger partial charge in [0.1, 0.15) is 11.4 Å². The highest BCUT2D eigenvalue weighted by molar-refractivity contribution is 14.0. The Balaban J connectivity index is 0.00000900. The van der Waals surface area contributed by atoms with Gasteiger partial charge in [0.15, 0.2) is 5.96 Å². The number of guanidine groups is 1. The first-order valence-corrected chi connectivity index (χ1v) is 10.7. The Bertz CT molecular complexity index is 682. The summed E-state index contributed by atoms with van der Waals surface area (Å²) in [6, 6.07) is 4.09. The molecule has 0 saturated carbocycles. The zero-order chi connectivity index (χ0) is 22.8. The third-order valence-corrected chi connectivity index (χ3v) is 4.20. The molecular formula is C22H41IN6O2. The number of nitrogens with zero attached hydrogens (tertiary/aromatic N) is 3. The van der Waals surface area contributed by atoms with Crippen molar-refractivity contribution in [3.8, 4) is 0 Å². The van der Waals surface area contributed by atoms with E-state index >= 15 is 0 Å². The molecule has 1 heterocycles. The number of pyridine rings is 1. The third kappa shape index (κ3) is 12.0. The minimum absolute atomic E-state index is 0. The normalized spacial score (nSPS) is 11.9. The molecular weight excluding hydrogens is 507 g/mol. The number of aromatic nitrogens is 1. The van der Waals surface area contributed by atoms with Gasteiger partial charge in [0.05, 0.1) is 12.1 Å². The summed E-state index contributed by atoms with van der Waals surface area (Å²) >= 11 is 0. The molecule has 1 aromatic rings. The fourth-order valence-corrected chi connectivity index (χ4v) is 2.69. The molecule has 0 spiro atoms. The van der Waals surface area contributed by atoms with Crippen LogP contribution in [0.25, 0.3) is 0 Å². The van der Waals surface area contributed by atoms with Crippen LogP contribution in [0.1, 0.15) is 61.0 Å². The number of anilines is 1. The second kappa shape index (κ2) is 13.6. The molecule has 8 nitrogen and oxygen atoms in total. The largest absolute Gasteiger partial charge is 0.444 e. The van der Waals surface area contributed by atoms with E-state index in [0.29, 0.717) is 19.0 Å². The molecule has 0 saturated heterocycles. The Morgan fingerprint density at radius 2 is 1.74 bits per heavy atom. The summed E-state index contributed by atoms with van der Waals surface area (Å²) in [5, 5.41) is 9.41. The average molecular weight is 549 g/mol. The molecule has 1 amide bonds. The number of carbonyl (C=O) groups is 1. The van der Waals surface area contributed by atoms with Gasteiger partial charge in [0, 0.05) is 32.4 Å². The summed E-state index contributed by atoms with van der Waals surface area (Å²) < 4.78 is 5.34. The van der Waals surface area contributed by atoms with Crippen LogP contribution in [0.3, 0.4) is 0 Å². The fraction of sp³-hybridized carbons (Fsp3) is 0.682. The molecule has 9 heteroatoms. The van der Waals surface area contributed by atoms with Crippen LogP contribution >= 0.6 is 24.0 Å². The van der Waals surface area contributed by atoms with Gasteiger partial charge in [-0.15, -0.1) is 24.0 Å². The molecule has 0 bridgehead atoms. The van der Waals surface area contributed by atoms with E-state index in [4.69, 9.17) is 4.74 Å². The molecule has 31 heavy (non-hydrogen) atoms. The van der Waals surface area contributed by atoms with Crippen LogP contribution in [-0.4, -0.2) is 54.4 Å². The SMILES string of the molecule is CCNC(=NCc1ccc(N(CC)CC)nc1)NCC(C)(C)NC(=O)OC(C)(C)C.I. The third-order valence-electron chi connectivity index (χ3n) is 4.20. The van der Waals surface area contributed by atoms with Gasteiger partial charge < -0.3 is 25.6 Å². The Morgan fingerprint density at radius 1 is 1.10 bits per heavy atom. The Hall–Kier alpha value is -1.78. The average Bonchev–Trinajstić information content (AvgIpc) is 2.64. The number of hydrogen-bond donors (Lipinski definition) is 3. The number of alkyl carbamates (subject to hydrolysis) is 1. The lowest BCUT2D eigenvalue weighted by Crippen LogP contribution is -2.54. The molecule has 3 N–H and O–H groups in total. The molecule has 178 valence electrons. The van der Waals surface area contributed by atoms with Crippen molar-refractivity contribution >= 4 is 41.8 Å². The van der Waals surface area contributed by atoms with Crippen molar-refractivity contribution in [2.45, 2.75) is 73.1 Å². The van der Waals surface area contributed by atoms with Crippen molar-refractivity contribution in [2.75, 3.05) is 31.1 Å². The Morgan fingerprint density at radius 3 is 2.23 bits per heavy atom. The molecule has 1 rings (SSSR count). The first kappa shape index (κ1) is 29.2. The zero-order valence-electron chi connectivity index (χ0n) is 20.3. The molecule has 0 aliphatic rings. The van der Waals surface area contributed by atoms with Crippen molar-refractivity contribution < 1.29 is 9.53 Å². The van der Waals surface area contributed by atoms with Gasteiger partial charge in [0.25, 0.3) is 0 Å². The first-order valence-electron chi connectivity index (χ1n) is 10.7. The molecule has 0 radical (unpaired) electrons. The van der Waals surface area contributed by atoms with Gasteiger partial charge in [-0.3, -0.25) is 0 Å². The predicted octanol–water partition coefficient (Wildman–Crippen LogP) is 3.90. The molecule has 0 fully saturated rings. The Kier molecular flexibility index (Phi) is 12.8. The topological polar surface area (TPSA) is 90.9 Å². The minimum Gasteiger partial charge on any atom is -0.444 e. The standard InChI is InChI=1S/C22H40N6O2.HI/c1-9-23-19(26-16-22(7,8)27-20(29)30-21(4,5)6)25-15-17-12-13-18(24-14-17)28(10-2)11-3;/h12-14H,9-11,15-16H2,1-8H3,(H,27,29)(H2,23,25,26);1H. The number of carbonyl (C=O) groups excluding carboxylic acids is 1. The number of rotatable bonds is 9. The summed E-state index contributed by atoms with van der Waals surface area (Å²) in [6.07, 6.45) is 1.44. The van der Waals surface area contributed by atoms with Crippen LogP contribution < -0.4 is 20.9 Å². The molecule has 0 aromatic carbocycles. The highest BCUT2D eigenvalue weighted by Crippen LogP contribution is 2.12. The van der Waals surface area contributed by atoms with Crippen LogP contribution in [0.5, 0.6) is 0 Å². The smallest absolute Gasteiger partial charge is 0.408 e. The maximum atomic E-state index is 12.1. The predicted molar refractivity (Wildman–Crippen MR) is 139 cm³/mol. The maximum Gasteiger partial charge on any atom is 0.408 e. The molecule has 0 atom stereocenters. The van der Waals surface area contributed by atoms with Crippen LogP contribution in [0.15, 0.2) is 23.3 Å². The van der Waals surface area contributed by atoms with Gasteiger partial charge in [-0.2, -0.15) is 0 Å². The lowest BCUT2D eigenvalue weighted by molar-refractivity contribution is 0.0474. The second-order valence-electron chi connectivity index (χ2n) is 8.76. The molecule has 0 unspecified atom stereocenters. The fourth-order valence-electron chi connectivity index (χ4n) is 2.69. The summed E-state index contributed by atoms with van der Waals surface area (Å²) in [6.45, 7) is 19.3. The lowest BCUT2D eigenvalue weighted by atomic mass is 10.1. The number of halogens is 1. The second-order valence-corrected chi connectivity index (χ2v) is 8.76. The Labute approximate surface area is 205 Å². The van der Waals surface area contributed by atoms with Gasteiger partial charge >= 0.3 is 6.09 Å². The number of hydrogen-bond acceptors (Lipinski definition) is 5. The van der Waals surface area contributed by atoms with Crippen molar-refractivity contribution in [3.63, 3.8) is 0 Å². The van der Waals surface area contributed by atoms with E-state index in [0.717, 1.165) is 31.0 Å². The lowest BCUT2D eigenvalue weighted by Gasteiger charge is -2.29. The van der Waals surface area contributed by atoms with E-state index in [1.807, 2.05) is 53.8 Å². The quantitative estimate of drug-likeness (QED) is 0.247. The van der Waals surface area contributed by atoms with E-state index in [2.05, 4.69) is 50.7 Å². The monoisotopic (exact) mass is 548 g/mol. The number of ether oxygens (including phenoxy) is 1. The van der Waals surface area contributed by atoms with Crippen molar-refractivity contribution in [3.05, 3.63) is 23.9 Å². The van der Waals surface area contributed by atoms with E-state index in [-0.39, 0.29) is 24.0 Å². The van der Waals surface area contributed by atoms with Gasteiger partial charge in [-0.05, 0) is 67.0 Å². The zero-order valence-corrected chi connectivity index (χ0v) is 22.7. The number of amides is 1. The summed E-state index contributed by atoms with van der Waals surface area (Å²) in [5.74, 6) is 1.66. The molecule has 0 aliphatic carbocycles. The van der Waals surface area contributed by atoms with Crippen LogP contribution in [0, 0.1) is 0 Å². The van der Waals surface area contributed by atoms with Crippen molar-refractivity contribution in [2.24, 2.45) is 4.99 Å². The molecule has 0 aliphatic heterocycles. The van der Waals surface area contributed by atoms with Crippen LogP contribution in [-0.2, 0) is 11.3 Å². The van der Waals surface area contributed by atoms with E-state index < -0.39 is 17.2 Å². The van der Waals surface area contributed by atoms with Crippen molar-refractivity contribution in [1.29, 1.82) is 0 Å². The summed E-state index contributed by atoms with van der Waals surface area (Å²) in [5.41, 5.74) is -0.00102. The summed E-state index contributed by atoms with van der Waals surface area (Å²) in [7, 11) is 0. The van der Waals surface area contributed by atoms with E-state index in [9.17, 15) is 4.79 Å².